The molecule has 1 N–H and O–H groups in total. The van der Waals surface area contributed by atoms with Gasteiger partial charge in [-0.2, -0.15) is 0 Å². The molecule has 2 aliphatic rings. The van der Waals surface area contributed by atoms with Crippen LogP contribution in [0.25, 0.3) is 0 Å². The van der Waals surface area contributed by atoms with Gasteiger partial charge in [0.1, 0.15) is 0 Å². The molecule has 5 heteroatoms. The summed E-state index contributed by atoms with van der Waals surface area (Å²) < 4.78 is 0. The Morgan fingerprint density at radius 1 is 1.16 bits per heavy atom. The van der Waals surface area contributed by atoms with E-state index in [4.69, 9.17) is 0 Å². The lowest BCUT2D eigenvalue weighted by Gasteiger charge is -2.44. The Kier molecular flexibility index (Phi) is 4.68. The van der Waals surface area contributed by atoms with E-state index in [9.17, 15) is 9.90 Å². The highest BCUT2D eigenvalue weighted by molar-refractivity contribution is 5.66. The molecule has 2 atom stereocenters. The summed E-state index contributed by atoms with van der Waals surface area (Å²) >= 11 is 0. The molecule has 1 amide bonds. The molecule has 0 saturated carbocycles. The molecular weight excluding hydrogens is 242 g/mol. The Bertz CT molecular complexity index is 304. The highest BCUT2D eigenvalue weighted by atomic mass is 16.4. The highest BCUT2D eigenvalue weighted by Gasteiger charge is 2.33. The number of rotatable bonds is 2. The van der Waals surface area contributed by atoms with Crippen molar-refractivity contribution in [2.45, 2.75) is 38.8 Å². The number of piperidine rings is 1. The first-order valence-electron chi connectivity index (χ1n) is 7.39. The Morgan fingerprint density at radius 3 is 2.16 bits per heavy atom. The third-order valence-electron chi connectivity index (χ3n) is 4.57. The predicted molar refractivity (Wildman–Crippen MR) is 75.4 cm³/mol. The van der Waals surface area contributed by atoms with Crippen molar-refractivity contribution >= 4 is 6.09 Å². The standard InChI is InChI=1S/C14H27N3O2/c1-11-8-16(9-12(2)17(11)14(18)19)10-13-4-6-15(3)7-5-13/h11-13H,4-10H2,1-3H3,(H,18,19). The second-order valence-electron chi connectivity index (χ2n) is 6.35. The van der Waals surface area contributed by atoms with Gasteiger partial charge in [0.15, 0.2) is 0 Å². The normalized spacial score (nSPS) is 31.6. The van der Waals surface area contributed by atoms with Crippen LogP contribution in [0.1, 0.15) is 26.7 Å². The minimum absolute atomic E-state index is 0.104. The molecule has 2 aliphatic heterocycles. The number of likely N-dealkylation sites (tertiary alicyclic amines) is 1. The van der Waals surface area contributed by atoms with E-state index in [1.165, 1.54) is 25.9 Å². The van der Waals surface area contributed by atoms with Crippen LogP contribution in [0.3, 0.4) is 0 Å². The molecule has 2 heterocycles. The fourth-order valence-electron chi connectivity index (χ4n) is 3.57. The summed E-state index contributed by atoms with van der Waals surface area (Å²) in [6, 6.07) is 0.208. The average molecular weight is 269 g/mol. The second kappa shape index (κ2) is 6.09. The molecule has 2 fully saturated rings. The molecule has 0 bridgehead atoms. The summed E-state index contributed by atoms with van der Waals surface area (Å²) in [6.07, 6.45) is 1.77. The van der Waals surface area contributed by atoms with Crippen molar-refractivity contribution in [3.63, 3.8) is 0 Å². The largest absolute Gasteiger partial charge is 0.465 e. The van der Waals surface area contributed by atoms with E-state index in [-0.39, 0.29) is 12.1 Å². The van der Waals surface area contributed by atoms with Crippen LogP contribution in [-0.2, 0) is 0 Å². The number of hydrogen-bond donors (Lipinski definition) is 1. The molecule has 0 aliphatic carbocycles. The average Bonchev–Trinajstić information content (AvgIpc) is 2.30. The molecule has 0 spiro atoms. The summed E-state index contributed by atoms with van der Waals surface area (Å²) in [5.74, 6) is 0.784. The summed E-state index contributed by atoms with van der Waals surface area (Å²) in [5.41, 5.74) is 0. The summed E-state index contributed by atoms with van der Waals surface area (Å²) in [7, 11) is 2.19. The van der Waals surface area contributed by atoms with Crippen molar-refractivity contribution in [1.82, 2.24) is 14.7 Å². The van der Waals surface area contributed by atoms with E-state index < -0.39 is 6.09 Å². The zero-order valence-corrected chi connectivity index (χ0v) is 12.4. The minimum Gasteiger partial charge on any atom is -0.465 e. The van der Waals surface area contributed by atoms with Gasteiger partial charge >= 0.3 is 6.09 Å². The van der Waals surface area contributed by atoms with Crippen LogP contribution in [0, 0.1) is 5.92 Å². The van der Waals surface area contributed by atoms with E-state index in [1.807, 2.05) is 13.8 Å². The van der Waals surface area contributed by atoms with Crippen molar-refractivity contribution in [2.75, 3.05) is 39.8 Å². The molecule has 0 aromatic heterocycles. The summed E-state index contributed by atoms with van der Waals surface area (Å²) in [4.78, 5) is 17.7. The lowest BCUT2D eigenvalue weighted by Crippen LogP contribution is -2.59. The van der Waals surface area contributed by atoms with Crippen molar-refractivity contribution in [1.29, 1.82) is 0 Å². The SMILES string of the molecule is CC1CN(CC2CCN(C)CC2)CC(C)N1C(=O)O. The zero-order chi connectivity index (χ0) is 14.0. The van der Waals surface area contributed by atoms with Crippen LogP contribution in [-0.4, -0.2) is 77.8 Å². The van der Waals surface area contributed by atoms with Gasteiger partial charge < -0.3 is 14.9 Å². The first-order valence-corrected chi connectivity index (χ1v) is 7.39. The predicted octanol–water partition coefficient (Wildman–Crippen LogP) is 1.40. The topological polar surface area (TPSA) is 47.0 Å². The number of carbonyl (C=O) groups is 1. The van der Waals surface area contributed by atoms with E-state index in [0.717, 1.165) is 25.6 Å². The molecule has 110 valence electrons. The van der Waals surface area contributed by atoms with Gasteiger partial charge in [0.2, 0.25) is 0 Å². The van der Waals surface area contributed by atoms with Gasteiger partial charge in [-0.15, -0.1) is 0 Å². The highest BCUT2D eigenvalue weighted by Crippen LogP contribution is 2.21. The molecule has 2 saturated heterocycles. The molecule has 2 rings (SSSR count). The Labute approximate surface area is 116 Å². The van der Waals surface area contributed by atoms with Crippen molar-refractivity contribution in [3.05, 3.63) is 0 Å². The first kappa shape index (κ1) is 14.6. The van der Waals surface area contributed by atoms with E-state index in [2.05, 4.69) is 16.8 Å². The van der Waals surface area contributed by atoms with Gasteiger partial charge in [0.05, 0.1) is 0 Å². The molecular formula is C14H27N3O2. The van der Waals surface area contributed by atoms with Crippen LogP contribution in [0.2, 0.25) is 0 Å². The van der Waals surface area contributed by atoms with Crippen LogP contribution < -0.4 is 0 Å². The fraction of sp³-hybridized carbons (Fsp3) is 0.929. The first-order chi connectivity index (χ1) is 8.97. The maximum atomic E-state index is 11.2. The van der Waals surface area contributed by atoms with Crippen LogP contribution in [0.15, 0.2) is 0 Å². The third kappa shape index (κ3) is 3.60. The summed E-state index contributed by atoms with van der Waals surface area (Å²) in [6.45, 7) is 9.33. The number of carboxylic acid groups (broad SMARTS) is 1. The monoisotopic (exact) mass is 269 g/mol. The van der Waals surface area contributed by atoms with Gasteiger partial charge in [-0.25, -0.2) is 4.79 Å². The summed E-state index contributed by atoms with van der Waals surface area (Å²) in [5, 5.41) is 9.22. The lowest BCUT2D eigenvalue weighted by atomic mass is 9.95. The van der Waals surface area contributed by atoms with Crippen LogP contribution in [0.5, 0.6) is 0 Å². The molecule has 0 aromatic rings. The Morgan fingerprint density at radius 2 is 1.68 bits per heavy atom. The van der Waals surface area contributed by atoms with Crippen molar-refractivity contribution in [2.24, 2.45) is 5.92 Å². The maximum absolute atomic E-state index is 11.2. The molecule has 19 heavy (non-hydrogen) atoms. The number of hydrogen-bond acceptors (Lipinski definition) is 3. The Hall–Kier alpha value is -0.810. The van der Waals surface area contributed by atoms with Gasteiger partial charge in [-0.1, -0.05) is 0 Å². The van der Waals surface area contributed by atoms with Crippen molar-refractivity contribution < 1.29 is 9.90 Å². The van der Waals surface area contributed by atoms with Gasteiger partial charge in [-0.3, -0.25) is 4.90 Å². The quantitative estimate of drug-likeness (QED) is 0.823. The second-order valence-corrected chi connectivity index (χ2v) is 6.35. The van der Waals surface area contributed by atoms with Crippen LogP contribution in [0.4, 0.5) is 4.79 Å². The molecule has 0 aromatic carbocycles. The molecule has 0 radical (unpaired) electrons. The maximum Gasteiger partial charge on any atom is 0.407 e. The number of piperazine rings is 1. The van der Waals surface area contributed by atoms with Crippen molar-refractivity contribution in [3.8, 4) is 0 Å². The van der Waals surface area contributed by atoms with E-state index in [0.29, 0.717) is 0 Å². The molecule has 2 unspecified atom stereocenters. The zero-order valence-electron chi connectivity index (χ0n) is 12.4. The van der Waals surface area contributed by atoms with Crippen LogP contribution >= 0.6 is 0 Å². The fourth-order valence-corrected chi connectivity index (χ4v) is 3.57. The lowest BCUT2D eigenvalue weighted by molar-refractivity contribution is 0.0301. The minimum atomic E-state index is -0.779. The third-order valence-corrected chi connectivity index (χ3v) is 4.57. The molecule has 5 nitrogen and oxygen atoms in total. The van der Waals surface area contributed by atoms with Gasteiger partial charge in [-0.05, 0) is 52.7 Å². The Balaban J connectivity index is 1.85. The smallest absolute Gasteiger partial charge is 0.407 e. The van der Waals surface area contributed by atoms with E-state index in [1.54, 1.807) is 4.90 Å². The number of nitrogens with zero attached hydrogens (tertiary/aromatic N) is 3. The van der Waals surface area contributed by atoms with Gasteiger partial charge in [0, 0.05) is 31.7 Å². The van der Waals surface area contributed by atoms with E-state index >= 15 is 0 Å². The number of amides is 1. The van der Waals surface area contributed by atoms with Gasteiger partial charge in [0.25, 0.3) is 0 Å².